The smallest absolute Gasteiger partial charge is 0.143 e. The number of ether oxygens (including phenoxy) is 1. The molecule has 1 fully saturated rings. The zero-order valence-electron chi connectivity index (χ0n) is 16.9. The normalized spacial score (nSPS) is 13.6. The van der Waals surface area contributed by atoms with Gasteiger partial charge in [0.2, 0.25) is 0 Å². The van der Waals surface area contributed by atoms with E-state index in [-0.39, 0.29) is 6.10 Å². The van der Waals surface area contributed by atoms with Crippen LogP contribution in [0.15, 0.2) is 60.9 Å². The Morgan fingerprint density at radius 2 is 1.59 bits per heavy atom. The van der Waals surface area contributed by atoms with Gasteiger partial charge in [-0.1, -0.05) is 12.1 Å². The fourth-order valence-electron chi connectivity index (χ4n) is 3.44. The summed E-state index contributed by atoms with van der Waals surface area (Å²) in [5, 5.41) is 6.68. The molecule has 1 aliphatic rings. The molecular weight excluding hydrogens is 362 g/mol. The van der Waals surface area contributed by atoms with E-state index >= 15 is 0 Å². The highest BCUT2D eigenvalue weighted by atomic mass is 16.5. The fraction of sp³-hybridized carbons (Fsp3) is 0.304. The number of benzene rings is 2. The summed E-state index contributed by atoms with van der Waals surface area (Å²) in [6.07, 6.45) is 4.21. The van der Waals surface area contributed by atoms with Crippen LogP contribution in [0.3, 0.4) is 0 Å². The molecule has 6 nitrogen and oxygen atoms in total. The van der Waals surface area contributed by atoms with Crippen LogP contribution in [-0.2, 0) is 0 Å². The van der Waals surface area contributed by atoms with Crippen LogP contribution in [0.25, 0.3) is 0 Å². The maximum absolute atomic E-state index is 5.87. The molecule has 4 rings (SSSR count). The molecule has 1 aliphatic heterocycles. The number of para-hydroxylation sites is 2. The largest absolute Gasteiger partial charge is 0.489 e. The van der Waals surface area contributed by atoms with E-state index in [4.69, 9.17) is 4.74 Å². The molecule has 0 unspecified atom stereocenters. The maximum Gasteiger partial charge on any atom is 0.143 e. The van der Waals surface area contributed by atoms with Gasteiger partial charge < -0.3 is 20.3 Å². The lowest BCUT2D eigenvalue weighted by molar-refractivity contribution is 0.244. The van der Waals surface area contributed by atoms with Gasteiger partial charge in [0.15, 0.2) is 0 Å². The van der Waals surface area contributed by atoms with Gasteiger partial charge in [-0.25, -0.2) is 9.97 Å². The van der Waals surface area contributed by atoms with Gasteiger partial charge in [0.05, 0.1) is 11.8 Å². The lowest BCUT2D eigenvalue weighted by atomic mass is 10.2. The number of nitrogens with one attached hydrogen (secondary N) is 2. The fourth-order valence-corrected chi connectivity index (χ4v) is 3.44. The van der Waals surface area contributed by atoms with Crippen LogP contribution in [0.5, 0.6) is 5.75 Å². The third-order valence-electron chi connectivity index (χ3n) is 4.79. The maximum atomic E-state index is 5.87. The standard InChI is InChI=1S/C23H27N5O/c1-17(2)29-21-8-4-3-7-20(21)27-23-15-22(24-16-25-23)26-18-9-11-19(12-10-18)28-13-5-6-14-28/h3-4,7-12,15-17H,5-6,13-14H2,1-2H3,(H2,24,25,26,27). The molecule has 2 heterocycles. The van der Waals surface area contributed by atoms with Gasteiger partial charge in [0.25, 0.3) is 0 Å². The minimum absolute atomic E-state index is 0.101. The molecule has 0 atom stereocenters. The van der Waals surface area contributed by atoms with Crippen molar-refractivity contribution in [3.8, 4) is 5.75 Å². The van der Waals surface area contributed by atoms with E-state index in [9.17, 15) is 0 Å². The Kier molecular flexibility index (Phi) is 5.79. The first-order valence-electron chi connectivity index (χ1n) is 10.1. The van der Waals surface area contributed by atoms with Gasteiger partial charge in [-0.2, -0.15) is 0 Å². The van der Waals surface area contributed by atoms with Crippen LogP contribution >= 0.6 is 0 Å². The predicted molar refractivity (Wildman–Crippen MR) is 119 cm³/mol. The monoisotopic (exact) mass is 389 g/mol. The van der Waals surface area contributed by atoms with Crippen molar-refractivity contribution in [2.24, 2.45) is 0 Å². The van der Waals surface area contributed by atoms with Crippen molar-refractivity contribution in [3.05, 3.63) is 60.9 Å². The van der Waals surface area contributed by atoms with E-state index in [1.807, 2.05) is 44.2 Å². The molecule has 150 valence electrons. The van der Waals surface area contributed by atoms with Crippen LogP contribution in [0.1, 0.15) is 26.7 Å². The summed E-state index contributed by atoms with van der Waals surface area (Å²) in [7, 11) is 0. The molecule has 0 amide bonds. The summed E-state index contributed by atoms with van der Waals surface area (Å²) in [6, 6.07) is 18.2. The van der Waals surface area contributed by atoms with Crippen molar-refractivity contribution < 1.29 is 4.74 Å². The average Bonchev–Trinajstić information content (AvgIpc) is 3.25. The molecular formula is C23H27N5O. The molecule has 0 radical (unpaired) electrons. The number of nitrogens with zero attached hydrogens (tertiary/aromatic N) is 3. The Balaban J connectivity index is 1.45. The van der Waals surface area contributed by atoms with E-state index < -0.39 is 0 Å². The summed E-state index contributed by atoms with van der Waals surface area (Å²) < 4.78 is 5.87. The van der Waals surface area contributed by atoms with Gasteiger partial charge in [-0.15, -0.1) is 0 Å². The van der Waals surface area contributed by atoms with Crippen LogP contribution in [0.4, 0.5) is 28.7 Å². The van der Waals surface area contributed by atoms with E-state index in [0.29, 0.717) is 5.82 Å². The SMILES string of the molecule is CC(C)Oc1ccccc1Nc1cc(Nc2ccc(N3CCCC3)cc2)ncn1. The van der Waals surface area contributed by atoms with Crippen molar-refractivity contribution in [3.63, 3.8) is 0 Å². The van der Waals surface area contributed by atoms with Crippen LogP contribution in [-0.4, -0.2) is 29.2 Å². The molecule has 2 aromatic carbocycles. The van der Waals surface area contributed by atoms with Crippen LogP contribution in [0.2, 0.25) is 0 Å². The third-order valence-corrected chi connectivity index (χ3v) is 4.79. The van der Waals surface area contributed by atoms with Gasteiger partial charge in [-0.3, -0.25) is 0 Å². The second-order valence-corrected chi connectivity index (χ2v) is 7.44. The van der Waals surface area contributed by atoms with Gasteiger partial charge in [0, 0.05) is 30.5 Å². The molecule has 2 N–H and O–H groups in total. The van der Waals surface area contributed by atoms with Crippen molar-refractivity contribution in [1.29, 1.82) is 0 Å². The molecule has 0 spiro atoms. The minimum atomic E-state index is 0.101. The first-order valence-corrected chi connectivity index (χ1v) is 10.1. The Labute approximate surface area is 172 Å². The summed E-state index contributed by atoms with van der Waals surface area (Å²) in [6.45, 7) is 6.32. The summed E-state index contributed by atoms with van der Waals surface area (Å²) in [5.74, 6) is 2.24. The zero-order chi connectivity index (χ0) is 20.1. The third kappa shape index (κ3) is 4.96. The second kappa shape index (κ2) is 8.82. The number of anilines is 5. The number of rotatable bonds is 7. The lowest BCUT2D eigenvalue weighted by Gasteiger charge is -2.18. The van der Waals surface area contributed by atoms with E-state index in [1.54, 1.807) is 6.33 Å². The predicted octanol–water partition coefficient (Wildman–Crippen LogP) is 5.35. The topological polar surface area (TPSA) is 62.3 Å². The Bertz CT molecular complexity index is 936. The van der Waals surface area contributed by atoms with E-state index in [2.05, 4.69) is 49.8 Å². The van der Waals surface area contributed by atoms with Crippen LogP contribution in [0, 0.1) is 0 Å². The number of aromatic nitrogens is 2. The number of hydrogen-bond acceptors (Lipinski definition) is 6. The van der Waals surface area contributed by atoms with Gasteiger partial charge >= 0.3 is 0 Å². The molecule has 29 heavy (non-hydrogen) atoms. The lowest BCUT2D eigenvalue weighted by Crippen LogP contribution is -2.17. The second-order valence-electron chi connectivity index (χ2n) is 7.44. The molecule has 0 saturated carbocycles. The van der Waals surface area contributed by atoms with Crippen molar-refractivity contribution in [2.45, 2.75) is 32.8 Å². The summed E-state index contributed by atoms with van der Waals surface area (Å²) in [5.41, 5.74) is 3.15. The zero-order valence-corrected chi connectivity index (χ0v) is 16.9. The Hall–Kier alpha value is -3.28. The highest BCUT2D eigenvalue weighted by Gasteiger charge is 2.12. The first-order chi connectivity index (χ1) is 14.2. The van der Waals surface area contributed by atoms with Crippen molar-refractivity contribution in [1.82, 2.24) is 9.97 Å². The highest BCUT2D eigenvalue weighted by Crippen LogP contribution is 2.29. The van der Waals surface area contributed by atoms with Gasteiger partial charge in [-0.05, 0) is 63.1 Å². The van der Waals surface area contributed by atoms with Crippen molar-refractivity contribution in [2.75, 3.05) is 28.6 Å². The summed E-state index contributed by atoms with van der Waals surface area (Å²) in [4.78, 5) is 11.1. The molecule has 3 aromatic rings. The molecule has 6 heteroatoms. The minimum Gasteiger partial charge on any atom is -0.489 e. The van der Waals surface area contributed by atoms with E-state index in [0.717, 1.165) is 36.0 Å². The van der Waals surface area contributed by atoms with Gasteiger partial charge in [0.1, 0.15) is 23.7 Å². The summed E-state index contributed by atoms with van der Waals surface area (Å²) >= 11 is 0. The molecule has 0 aliphatic carbocycles. The highest BCUT2D eigenvalue weighted by molar-refractivity contribution is 5.67. The van der Waals surface area contributed by atoms with Crippen molar-refractivity contribution >= 4 is 28.7 Å². The van der Waals surface area contributed by atoms with E-state index in [1.165, 1.54) is 18.5 Å². The first kappa shape index (κ1) is 19.1. The Morgan fingerprint density at radius 3 is 2.31 bits per heavy atom. The quantitative estimate of drug-likeness (QED) is 0.568. The molecule has 1 aromatic heterocycles. The Morgan fingerprint density at radius 1 is 0.897 bits per heavy atom. The van der Waals surface area contributed by atoms with Crippen LogP contribution < -0.4 is 20.3 Å². The average molecular weight is 390 g/mol. The molecule has 0 bridgehead atoms. The molecule has 1 saturated heterocycles. The number of hydrogen-bond donors (Lipinski definition) is 2.